The van der Waals surface area contributed by atoms with Crippen LogP contribution in [-0.2, 0) is 6.54 Å². The van der Waals surface area contributed by atoms with Gasteiger partial charge in [0.25, 0.3) is 0 Å². The van der Waals surface area contributed by atoms with Gasteiger partial charge in [0.15, 0.2) is 0 Å². The molecule has 0 aliphatic heterocycles. The van der Waals surface area contributed by atoms with E-state index in [4.69, 9.17) is 0 Å². The maximum atomic E-state index is 11.4. The van der Waals surface area contributed by atoms with Crippen molar-refractivity contribution in [1.29, 1.82) is 0 Å². The van der Waals surface area contributed by atoms with E-state index >= 15 is 0 Å². The Labute approximate surface area is 117 Å². The second kappa shape index (κ2) is 4.81. The van der Waals surface area contributed by atoms with E-state index in [0.717, 1.165) is 42.9 Å². The summed E-state index contributed by atoms with van der Waals surface area (Å²) in [5.41, 5.74) is 3.30. The number of hydrogen-bond donors (Lipinski definition) is 1. The second-order valence-electron chi connectivity index (χ2n) is 5.46. The number of carboxylic acids is 1. The molecule has 20 heavy (non-hydrogen) atoms. The normalized spacial score (nSPS) is 14.7. The zero-order valence-electron chi connectivity index (χ0n) is 11.8. The van der Waals surface area contributed by atoms with E-state index in [2.05, 4.69) is 16.6 Å². The van der Waals surface area contributed by atoms with Crippen molar-refractivity contribution in [3.8, 4) is 5.69 Å². The summed E-state index contributed by atoms with van der Waals surface area (Å²) in [5, 5.41) is 13.7. The van der Waals surface area contributed by atoms with Crippen LogP contribution in [0.4, 0.5) is 0 Å². The average Bonchev–Trinajstić information content (AvgIpc) is 3.04. The van der Waals surface area contributed by atoms with Crippen LogP contribution in [0.25, 0.3) is 5.69 Å². The molecule has 0 radical (unpaired) electrons. The fraction of sp³-hybridized carbons (Fsp3) is 0.467. The van der Waals surface area contributed by atoms with Crippen LogP contribution in [0.3, 0.4) is 0 Å². The highest BCUT2D eigenvalue weighted by molar-refractivity contribution is 5.90. The SMILES string of the molecule is CCCn1cc(-n2c(C)cc(C(=O)O)c2C2CC2)cn1. The molecule has 2 aromatic rings. The Morgan fingerprint density at radius 1 is 1.50 bits per heavy atom. The summed E-state index contributed by atoms with van der Waals surface area (Å²) in [5.74, 6) is -0.459. The van der Waals surface area contributed by atoms with Gasteiger partial charge in [-0.25, -0.2) is 4.79 Å². The van der Waals surface area contributed by atoms with Gasteiger partial charge in [0.2, 0.25) is 0 Å². The molecular weight excluding hydrogens is 254 g/mol. The minimum atomic E-state index is -0.838. The molecule has 0 spiro atoms. The fourth-order valence-corrected chi connectivity index (χ4v) is 2.75. The number of nitrogens with zero attached hydrogens (tertiary/aromatic N) is 3. The van der Waals surface area contributed by atoms with Crippen LogP contribution in [0.2, 0.25) is 0 Å². The molecule has 0 amide bonds. The molecule has 1 saturated carbocycles. The molecule has 0 bridgehead atoms. The highest BCUT2D eigenvalue weighted by Crippen LogP contribution is 2.43. The van der Waals surface area contributed by atoms with Gasteiger partial charge in [0, 0.05) is 30.0 Å². The number of carbonyl (C=O) groups is 1. The number of carboxylic acid groups (broad SMARTS) is 1. The van der Waals surface area contributed by atoms with Crippen LogP contribution in [0, 0.1) is 6.92 Å². The molecular formula is C15H19N3O2. The van der Waals surface area contributed by atoms with E-state index in [1.54, 1.807) is 6.07 Å². The molecule has 0 saturated heterocycles. The van der Waals surface area contributed by atoms with Crippen LogP contribution >= 0.6 is 0 Å². The number of aromatic nitrogens is 3. The van der Waals surface area contributed by atoms with Crippen LogP contribution in [0.5, 0.6) is 0 Å². The average molecular weight is 273 g/mol. The summed E-state index contributed by atoms with van der Waals surface area (Å²) in [6.45, 7) is 4.95. The summed E-state index contributed by atoms with van der Waals surface area (Å²) >= 11 is 0. The molecule has 1 aliphatic rings. The Morgan fingerprint density at radius 3 is 2.85 bits per heavy atom. The molecule has 0 aromatic carbocycles. The van der Waals surface area contributed by atoms with Crippen LogP contribution in [0.15, 0.2) is 18.5 Å². The summed E-state index contributed by atoms with van der Waals surface area (Å²) in [4.78, 5) is 11.4. The van der Waals surface area contributed by atoms with Crippen LogP contribution < -0.4 is 0 Å². The third-order valence-corrected chi connectivity index (χ3v) is 3.75. The minimum Gasteiger partial charge on any atom is -0.478 e. The Hall–Kier alpha value is -2.04. The van der Waals surface area contributed by atoms with E-state index in [1.165, 1.54) is 0 Å². The van der Waals surface area contributed by atoms with E-state index in [1.807, 2.05) is 24.0 Å². The lowest BCUT2D eigenvalue weighted by Crippen LogP contribution is -2.05. The maximum Gasteiger partial charge on any atom is 0.337 e. The first-order chi connectivity index (χ1) is 9.61. The largest absolute Gasteiger partial charge is 0.478 e. The third kappa shape index (κ3) is 2.13. The molecule has 3 rings (SSSR count). The van der Waals surface area contributed by atoms with Crippen LogP contribution in [-0.4, -0.2) is 25.4 Å². The van der Waals surface area contributed by atoms with Crippen molar-refractivity contribution in [1.82, 2.24) is 14.3 Å². The fourth-order valence-electron chi connectivity index (χ4n) is 2.75. The number of aryl methyl sites for hydroxylation is 2. The predicted molar refractivity (Wildman–Crippen MR) is 75.5 cm³/mol. The Kier molecular flexibility index (Phi) is 3.12. The lowest BCUT2D eigenvalue weighted by molar-refractivity contribution is 0.0695. The molecule has 1 N–H and O–H groups in total. The molecule has 2 heterocycles. The molecule has 0 atom stereocenters. The summed E-state index contributed by atoms with van der Waals surface area (Å²) in [7, 11) is 0. The zero-order valence-corrected chi connectivity index (χ0v) is 11.8. The van der Waals surface area contributed by atoms with Crippen molar-refractivity contribution in [3.63, 3.8) is 0 Å². The summed E-state index contributed by atoms with van der Waals surface area (Å²) in [6.07, 6.45) is 7.00. The molecule has 5 heteroatoms. The van der Waals surface area contributed by atoms with Gasteiger partial charge < -0.3 is 9.67 Å². The Morgan fingerprint density at radius 2 is 2.25 bits per heavy atom. The summed E-state index contributed by atoms with van der Waals surface area (Å²) in [6, 6.07) is 1.77. The first-order valence-electron chi connectivity index (χ1n) is 7.10. The highest BCUT2D eigenvalue weighted by atomic mass is 16.4. The number of rotatable bonds is 5. The van der Waals surface area contributed by atoms with E-state index in [-0.39, 0.29) is 0 Å². The van der Waals surface area contributed by atoms with E-state index in [0.29, 0.717) is 11.5 Å². The van der Waals surface area contributed by atoms with Gasteiger partial charge in [-0.15, -0.1) is 0 Å². The van der Waals surface area contributed by atoms with E-state index in [9.17, 15) is 9.90 Å². The van der Waals surface area contributed by atoms with Crippen molar-refractivity contribution in [2.75, 3.05) is 0 Å². The quantitative estimate of drug-likeness (QED) is 0.911. The molecule has 1 fully saturated rings. The second-order valence-corrected chi connectivity index (χ2v) is 5.46. The lowest BCUT2D eigenvalue weighted by Gasteiger charge is -2.09. The van der Waals surface area contributed by atoms with Crippen LogP contribution in [0.1, 0.15) is 53.8 Å². The van der Waals surface area contributed by atoms with Gasteiger partial charge in [0.1, 0.15) is 0 Å². The summed E-state index contributed by atoms with van der Waals surface area (Å²) < 4.78 is 3.96. The van der Waals surface area contributed by atoms with Crippen molar-refractivity contribution in [2.24, 2.45) is 0 Å². The molecule has 0 unspecified atom stereocenters. The molecule has 106 valence electrons. The maximum absolute atomic E-state index is 11.4. The van der Waals surface area contributed by atoms with Crippen molar-refractivity contribution in [2.45, 2.75) is 45.6 Å². The van der Waals surface area contributed by atoms with E-state index < -0.39 is 5.97 Å². The lowest BCUT2D eigenvalue weighted by atomic mass is 10.2. The minimum absolute atomic E-state index is 0.379. The van der Waals surface area contributed by atoms with Gasteiger partial charge in [0.05, 0.1) is 17.4 Å². The third-order valence-electron chi connectivity index (χ3n) is 3.75. The monoisotopic (exact) mass is 273 g/mol. The van der Waals surface area contributed by atoms with Gasteiger partial charge in [-0.05, 0) is 32.3 Å². The van der Waals surface area contributed by atoms with Gasteiger partial charge >= 0.3 is 5.97 Å². The van der Waals surface area contributed by atoms with Gasteiger partial charge in [-0.3, -0.25) is 4.68 Å². The molecule has 2 aromatic heterocycles. The first kappa shape index (κ1) is 13.0. The van der Waals surface area contributed by atoms with Crippen molar-refractivity contribution < 1.29 is 9.90 Å². The smallest absolute Gasteiger partial charge is 0.337 e. The van der Waals surface area contributed by atoms with Gasteiger partial charge in [-0.2, -0.15) is 5.10 Å². The number of aromatic carboxylic acids is 1. The van der Waals surface area contributed by atoms with Crippen molar-refractivity contribution >= 4 is 5.97 Å². The highest BCUT2D eigenvalue weighted by Gasteiger charge is 2.33. The zero-order chi connectivity index (χ0) is 14.3. The molecule has 5 nitrogen and oxygen atoms in total. The first-order valence-corrected chi connectivity index (χ1v) is 7.10. The van der Waals surface area contributed by atoms with Gasteiger partial charge in [-0.1, -0.05) is 6.92 Å². The topological polar surface area (TPSA) is 60.0 Å². The Bertz CT molecular complexity index is 650. The van der Waals surface area contributed by atoms with Crippen molar-refractivity contribution in [3.05, 3.63) is 35.4 Å². The molecule has 1 aliphatic carbocycles. The Balaban J connectivity index is 2.09. The standard InChI is InChI=1S/C15H19N3O2/c1-3-6-17-9-12(8-16-17)18-10(2)7-13(15(19)20)14(18)11-4-5-11/h7-9,11H,3-6H2,1-2H3,(H,19,20). The predicted octanol–water partition coefficient (Wildman–Crippen LogP) is 2.97. The number of hydrogen-bond acceptors (Lipinski definition) is 2.